The van der Waals surface area contributed by atoms with Crippen LogP contribution in [0.2, 0.25) is 5.02 Å². The van der Waals surface area contributed by atoms with Gasteiger partial charge in [-0.05, 0) is 17.7 Å². The summed E-state index contributed by atoms with van der Waals surface area (Å²) in [7, 11) is 1.01. The van der Waals surface area contributed by atoms with Crippen LogP contribution < -0.4 is 0 Å². The smallest absolute Gasteiger partial charge is 0.436 e. The van der Waals surface area contributed by atoms with E-state index in [0.29, 0.717) is 10.6 Å². The average molecular weight is 319 g/mol. The number of aromatic nitrogens is 2. The van der Waals surface area contributed by atoms with E-state index in [1.54, 1.807) is 24.3 Å². The van der Waals surface area contributed by atoms with Crippen molar-refractivity contribution in [3.63, 3.8) is 0 Å². The molecule has 2 aromatic rings. The molecule has 112 valence electrons. The molecule has 1 aromatic carbocycles. The van der Waals surface area contributed by atoms with Gasteiger partial charge in [-0.3, -0.25) is 4.68 Å². The van der Waals surface area contributed by atoms with Crippen molar-refractivity contribution in [1.29, 1.82) is 0 Å². The molecule has 0 saturated carbocycles. The monoisotopic (exact) mass is 318 g/mol. The fourth-order valence-electron chi connectivity index (χ4n) is 1.79. The van der Waals surface area contributed by atoms with E-state index in [0.717, 1.165) is 18.0 Å². The molecule has 4 nitrogen and oxygen atoms in total. The third-order valence-electron chi connectivity index (χ3n) is 2.67. The van der Waals surface area contributed by atoms with E-state index in [4.69, 9.17) is 11.6 Å². The molecule has 0 N–H and O–H groups in total. The summed E-state index contributed by atoms with van der Waals surface area (Å²) in [6.07, 6.45) is -3.72. The topological polar surface area (TPSA) is 44.1 Å². The van der Waals surface area contributed by atoms with Crippen molar-refractivity contribution in [1.82, 2.24) is 9.78 Å². The van der Waals surface area contributed by atoms with E-state index in [1.165, 1.54) is 0 Å². The highest BCUT2D eigenvalue weighted by molar-refractivity contribution is 6.30. The second kappa shape index (κ2) is 5.77. The third kappa shape index (κ3) is 3.55. The second-order valence-electron chi connectivity index (χ2n) is 4.21. The van der Waals surface area contributed by atoms with Gasteiger partial charge >= 0.3 is 12.1 Å². The van der Waals surface area contributed by atoms with Crippen LogP contribution in [0.25, 0.3) is 0 Å². The molecule has 21 heavy (non-hydrogen) atoms. The van der Waals surface area contributed by atoms with Crippen LogP contribution >= 0.6 is 11.6 Å². The molecule has 1 heterocycles. The third-order valence-corrected chi connectivity index (χ3v) is 2.90. The lowest BCUT2D eigenvalue weighted by atomic mass is 10.2. The Morgan fingerprint density at radius 3 is 2.71 bits per heavy atom. The van der Waals surface area contributed by atoms with E-state index in [2.05, 4.69) is 9.84 Å². The van der Waals surface area contributed by atoms with Crippen molar-refractivity contribution in [2.24, 2.45) is 0 Å². The van der Waals surface area contributed by atoms with Crippen molar-refractivity contribution < 1.29 is 22.7 Å². The molecule has 0 aliphatic rings. The van der Waals surface area contributed by atoms with Crippen LogP contribution in [0.1, 0.15) is 21.6 Å². The summed E-state index contributed by atoms with van der Waals surface area (Å²) in [5.41, 5.74) is -1.22. The number of carbonyl (C=O) groups is 1. The molecule has 8 heteroatoms. The van der Waals surface area contributed by atoms with Gasteiger partial charge in [-0.15, -0.1) is 0 Å². The number of alkyl halides is 3. The fourth-order valence-corrected chi connectivity index (χ4v) is 2.01. The Hall–Kier alpha value is -2.02. The molecule has 0 aliphatic carbocycles. The first-order valence-corrected chi connectivity index (χ1v) is 6.16. The number of hydrogen-bond donors (Lipinski definition) is 0. The highest BCUT2D eigenvalue weighted by Crippen LogP contribution is 2.31. The number of nitrogens with zero attached hydrogens (tertiary/aromatic N) is 2. The summed E-state index contributed by atoms with van der Waals surface area (Å²) in [6, 6.07) is 6.62. The quantitative estimate of drug-likeness (QED) is 0.815. The molecular weight excluding hydrogens is 309 g/mol. The van der Waals surface area contributed by atoms with Crippen LogP contribution in [0, 0.1) is 0 Å². The van der Waals surface area contributed by atoms with Crippen molar-refractivity contribution in [2.45, 2.75) is 12.7 Å². The summed E-state index contributed by atoms with van der Waals surface area (Å²) < 4.78 is 43.9. The molecule has 0 unspecified atom stereocenters. The van der Waals surface area contributed by atoms with Gasteiger partial charge in [-0.1, -0.05) is 23.7 Å². The first-order chi connectivity index (χ1) is 9.81. The van der Waals surface area contributed by atoms with Crippen LogP contribution in [0.15, 0.2) is 30.5 Å². The molecule has 0 radical (unpaired) electrons. The largest absolute Gasteiger partial charge is 0.465 e. The summed E-state index contributed by atoms with van der Waals surface area (Å²) in [5.74, 6) is -1.08. The predicted molar refractivity (Wildman–Crippen MR) is 69.1 cm³/mol. The fraction of sp³-hybridized carbons (Fsp3) is 0.231. The van der Waals surface area contributed by atoms with Gasteiger partial charge in [0.1, 0.15) is 5.56 Å². The molecule has 0 atom stereocenters. The lowest BCUT2D eigenvalue weighted by molar-refractivity contribution is -0.142. The summed E-state index contributed by atoms with van der Waals surface area (Å²) in [5, 5.41) is 3.89. The number of halogens is 4. The normalized spacial score (nSPS) is 11.5. The van der Waals surface area contributed by atoms with Gasteiger partial charge in [-0.25, -0.2) is 4.79 Å². The minimum absolute atomic E-state index is 0.0562. The highest BCUT2D eigenvalue weighted by Gasteiger charge is 2.39. The van der Waals surface area contributed by atoms with Gasteiger partial charge < -0.3 is 4.74 Å². The molecule has 1 aromatic heterocycles. The minimum Gasteiger partial charge on any atom is -0.465 e. The summed E-state index contributed by atoms with van der Waals surface area (Å²) >= 11 is 5.81. The number of carbonyl (C=O) groups excluding carboxylic acids is 1. The molecule has 0 amide bonds. The number of rotatable bonds is 3. The number of benzene rings is 1. The Balaban J connectivity index is 2.37. The lowest BCUT2D eigenvalue weighted by Gasteiger charge is -2.04. The molecule has 0 aliphatic heterocycles. The molecule has 0 saturated heterocycles. The van der Waals surface area contributed by atoms with Crippen molar-refractivity contribution in [3.8, 4) is 0 Å². The first kappa shape index (κ1) is 15.4. The first-order valence-electron chi connectivity index (χ1n) is 5.78. The number of esters is 1. The van der Waals surface area contributed by atoms with Gasteiger partial charge in [0.15, 0.2) is 5.69 Å². The Morgan fingerprint density at radius 2 is 2.14 bits per heavy atom. The van der Waals surface area contributed by atoms with E-state index in [9.17, 15) is 18.0 Å². The van der Waals surface area contributed by atoms with Crippen molar-refractivity contribution in [3.05, 3.63) is 52.3 Å². The Kier molecular flexibility index (Phi) is 4.22. The average Bonchev–Trinajstić information content (AvgIpc) is 2.82. The summed E-state index contributed by atoms with van der Waals surface area (Å²) in [4.78, 5) is 11.4. The zero-order chi connectivity index (χ0) is 15.6. The highest BCUT2D eigenvalue weighted by atomic mass is 35.5. The van der Waals surface area contributed by atoms with Crippen LogP contribution in [0.5, 0.6) is 0 Å². The standard InChI is InChI=1S/C13H10ClF3N2O2/c1-21-12(20)10-7-19(18-11(10)13(15,16)17)6-8-3-2-4-9(14)5-8/h2-5,7H,6H2,1H3. The predicted octanol–water partition coefficient (Wildman–Crippen LogP) is 3.39. The Bertz CT molecular complexity index is 668. The van der Waals surface area contributed by atoms with Gasteiger partial charge in [0.05, 0.1) is 13.7 Å². The minimum atomic E-state index is -4.73. The number of ether oxygens (including phenoxy) is 1. The SMILES string of the molecule is COC(=O)c1cn(Cc2cccc(Cl)c2)nc1C(F)(F)F. The van der Waals surface area contributed by atoms with E-state index >= 15 is 0 Å². The maximum atomic E-state index is 12.9. The number of methoxy groups -OCH3 is 1. The maximum absolute atomic E-state index is 12.9. The number of hydrogen-bond acceptors (Lipinski definition) is 3. The zero-order valence-electron chi connectivity index (χ0n) is 10.8. The van der Waals surface area contributed by atoms with Crippen LogP contribution in [0.4, 0.5) is 13.2 Å². The molecule has 0 fully saturated rings. The van der Waals surface area contributed by atoms with Crippen molar-refractivity contribution >= 4 is 17.6 Å². The maximum Gasteiger partial charge on any atom is 0.436 e. The Morgan fingerprint density at radius 1 is 1.43 bits per heavy atom. The van der Waals surface area contributed by atoms with Crippen LogP contribution in [0.3, 0.4) is 0 Å². The molecule has 0 spiro atoms. The molecular formula is C13H10ClF3N2O2. The van der Waals surface area contributed by atoms with Gasteiger partial charge in [0, 0.05) is 11.2 Å². The zero-order valence-corrected chi connectivity index (χ0v) is 11.6. The lowest BCUT2D eigenvalue weighted by Crippen LogP contribution is -2.13. The van der Waals surface area contributed by atoms with Crippen LogP contribution in [-0.4, -0.2) is 22.9 Å². The van der Waals surface area contributed by atoms with Gasteiger partial charge in [0.2, 0.25) is 0 Å². The summed E-state index contributed by atoms with van der Waals surface area (Å²) in [6.45, 7) is 0.0562. The van der Waals surface area contributed by atoms with E-state index in [1.807, 2.05) is 0 Å². The Labute approximate surface area is 123 Å². The van der Waals surface area contributed by atoms with E-state index < -0.39 is 23.4 Å². The van der Waals surface area contributed by atoms with Gasteiger partial charge in [-0.2, -0.15) is 18.3 Å². The van der Waals surface area contributed by atoms with Gasteiger partial charge in [0.25, 0.3) is 0 Å². The molecule has 2 rings (SSSR count). The van der Waals surface area contributed by atoms with Crippen LogP contribution in [-0.2, 0) is 17.5 Å². The second-order valence-corrected chi connectivity index (χ2v) is 4.64. The van der Waals surface area contributed by atoms with Crippen molar-refractivity contribution in [2.75, 3.05) is 7.11 Å². The molecule has 0 bridgehead atoms. The van der Waals surface area contributed by atoms with E-state index in [-0.39, 0.29) is 6.54 Å².